The average molecular weight is 145 g/mol. The lowest BCUT2D eigenvalue weighted by Gasteiger charge is -2.25. The lowest BCUT2D eigenvalue weighted by atomic mass is 10.2. The van der Waals surface area contributed by atoms with Gasteiger partial charge in [0.25, 0.3) is 0 Å². The minimum absolute atomic E-state index is 0.00912. The Morgan fingerprint density at radius 3 is 2.80 bits per heavy atom. The SMILES string of the molecule is C[C@@H]1CNC[C@@H](C(=O)O)O1. The van der Waals surface area contributed by atoms with E-state index < -0.39 is 12.1 Å². The fourth-order valence-electron chi connectivity index (χ4n) is 0.940. The van der Waals surface area contributed by atoms with E-state index in [1.165, 1.54) is 0 Å². The van der Waals surface area contributed by atoms with Crippen LogP contribution in [0.3, 0.4) is 0 Å². The van der Waals surface area contributed by atoms with Crippen LogP contribution < -0.4 is 5.32 Å². The van der Waals surface area contributed by atoms with E-state index in [1.807, 2.05) is 6.92 Å². The fourth-order valence-corrected chi connectivity index (χ4v) is 0.940. The van der Waals surface area contributed by atoms with E-state index in [0.717, 1.165) is 6.54 Å². The van der Waals surface area contributed by atoms with E-state index in [4.69, 9.17) is 9.84 Å². The molecule has 1 aliphatic heterocycles. The molecular weight excluding hydrogens is 134 g/mol. The molecule has 0 saturated carbocycles. The van der Waals surface area contributed by atoms with Crippen LogP contribution in [-0.4, -0.2) is 36.4 Å². The van der Waals surface area contributed by atoms with Crippen LogP contribution >= 0.6 is 0 Å². The van der Waals surface area contributed by atoms with Crippen LogP contribution in [0.2, 0.25) is 0 Å². The second kappa shape index (κ2) is 2.98. The Labute approximate surface area is 59.2 Å². The normalized spacial score (nSPS) is 33.7. The molecule has 0 aliphatic carbocycles. The maximum atomic E-state index is 10.3. The molecule has 0 aromatic heterocycles. The summed E-state index contributed by atoms with van der Waals surface area (Å²) in [6.45, 7) is 3.01. The maximum Gasteiger partial charge on any atom is 0.334 e. The number of nitrogens with one attached hydrogen (secondary N) is 1. The molecule has 1 rings (SSSR count). The van der Waals surface area contributed by atoms with Crippen LogP contribution in [0.15, 0.2) is 0 Å². The van der Waals surface area contributed by atoms with Crippen molar-refractivity contribution < 1.29 is 14.6 Å². The molecule has 0 aromatic rings. The molecule has 0 bridgehead atoms. The van der Waals surface area contributed by atoms with E-state index in [2.05, 4.69) is 5.32 Å². The highest BCUT2D eigenvalue weighted by molar-refractivity contribution is 5.72. The molecule has 58 valence electrons. The molecule has 1 fully saturated rings. The first-order chi connectivity index (χ1) is 4.70. The molecular formula is C6H11NO3. The minimum Gasteiger partial charge on any atom is -0.479 e. The van der Waals surface area contributed by atoms with Gasteiger partial charge in [0.05, 0.1) is 6.10 Å². The second-order valence-electron chi connectivity index (χ2n) is 2.43. The summed E-state index contributed by atoms with van der Waals surface area (Å²) >= 11 is 0. The lowest BCUT2D eigenvalue weighted by molar-refractivity contribution is -0.156. The third-order valence-electron chi connectivity index (χ3n) is 1.43. The molecule has 1 aliphatic rings. The zero-order valence-electron chi connectivity index (χ0n) is 5.83. The zero-order chi connectivity index (χ0) is 7.56. The van der Waals surface area contributed by atoms with Gasteiger partial charge in [-0.25, -0.2) is 4.79 Å². The first-order valence-electron chi connectivity index (χ1n) is 3.29. The van der Waals surface area contributed by atoms with Gasteiger partial charge in [-0.15, -0.1) is 0 Å². The van der Waals surface area contributed by atoms with Crippen LogP contribution in [0.5, 0.6) is 0 Å². The summed E-state index contributed by atoms with van der Waals surface area (Å²) in [5.74, 6) is -0.890. The van der Waals surface area contributed by atoms with Crippen molar-refractivity contribution in [3.63, 3.8) is 0 Å². The topological polar surface area (TPSA) is 58.6 Å². The first-order valence-corrected chi connectivity index (χ1v) is 3.29. The van der Waals surface area contributed by atoms with Crippen molar-refractivity contribution in [1.29, 1.82) is 0 Å². The number of carbonyl (C=O) groups is 1. The predicted molar refractivity (Wildman–Crippen MR) is 34.8 cm³/mol. The Bertz CT molecular complexity index is 137. The van der Waals surface area contributed by atoms with Gasteiger partial charge in [-0.2, -0.15) is 0 Å². The third-order valence-corrected chi connectivity index (χ3v) is 1.43. The number of carboxylic acid groups (broad SMARTS) is 1. The Morgan fingerprint density at radius 2 is 2.40 bits per heavy atom. The van der Waals surface area contributed by atoms with Crippen LogP contribution in [0.1, 0.15) is 6.92 Å². The molecule has 10 heavy (non-hydrogen) atoms. The van der Waals surface area contributed by atoms with E-state index in [1.54, 1.807) is 0 Å². The summed E-state index contributed by atoms with van der Waals surface area (Å²) in [4.78, 5) is 10.3. The molecule has 0 radical (unpaired) electrons. The fraction of sp³-hybridized carbons (Fsp3) is 0.833. The Kier molecular flexibility index (Phi) is 2.24. The molecule has 0 amide bonds. The van der Waals surface area contributed by atoms with Gasteiger partial charge in [-0.1, -0.05) is 0 Å². The Balaban J connectivity index is 2.39. The van der Waals surface area contributed by atoms with Crippen LogP contribution in [0, 0.1) is 0 Å². The van der Waals surface area contributed by atoms with Crippen molar-refractivity contribution >= 4 is 5.97 Å². The highest BCUT2D eigenvalue weighted by Gasteiger charge is 2.24. The Morgan fingerprint density at radius 1 is 1.70 bits per heavy atom. The molecule has 4 heteroatoms. The van der Waals surface area contributed by atoms with Crippen molar-refractivity contribution in [3.8, 4) is 0 Å². The van der Waals surface area contributed by atoms with Gasteiger partial charge in [-0.05, 0) is 6.92 Å². The van der Waals surface area contributed by atoms with Gasteiger partial charge >= 0.3 is 5.97 Å². The first kappa shape index (κ1) is 7.50. The van der Waals surface area contributed by atoms with Crippen molar-refractivity contribution in [2.45, 2.75) is 19.1 Å². The second-order valence-corrected chi connectivity index (χ2v) is 2.43. The molecule has 0 unspecified atom stereocenters. The summed E-state index contributed by atoms with van der Waals surface area (Å²) in [5.41, 5.74) is 0. The van der Waals surface area contributed by atoms with Crippen molar-refractivity contribution in [2.75, 3.05) is 13.1 Å². The minimum atomic E-state index is -0.890. The average Bonchev–Trinajstić information content (AvgIpc) is 1.88. The summed E-state index contributed by atoms with van der Waals surface area (Å²) < 4.78 is 5.09. The van der Waals surface area contributed by atoms with Crippen LogP contribution in [0.25, 0.3) is 0 Å². The van der Waals surface area contributed by atoms with E-state index in [-0.39, 0.29) is 6.10 Å². The number of hydrogen-bond donors (Lipinski definition) is 2. The largest absolute Gasteiger partial charge is 0.479 e. The quantitative estimate of drug-likeness (QED) is 0.519. The summed E-state index contributed by atoms with van der Waals surface area (Å²) in [6, 6.07) is 0. The standard InChI is InChI=1S/C6H11NO3/c1-4-2-7-3-5(10-4)6(8)9/h4-5,7H,2-3H2,1H3,(H,8,9)/t4-,5+/m1/s1. The molecule has 2 atom stereocenters. The number of rotatable bonds is 1. The molecule has 2 N–H and O–H groups in total. The van der Waals surface area contributed by atoms with Gasteiger partial charge in [-0.3, -0.25) is 0 Å². The maximum absolute atomic E-state index is 10.3. The summed E-state index contributed by atoms with van der Waals surface area (Å²) in [5, 5.41) is 11.5. The lowest BCUT2D eigenvalue weighted by Crippen LogP contribution is -2.46. The van der Waals surface area contributed by atoms with Gasteiger partial charge in [0, 0.05) is 13.1 Å². The predicted octanol–water partition coefficient (Wildman–Crippen LogP) is -0.552. The van der Waals surface area contributed by atoms with Gasteiger partial charge < -0.3 is 15.2 Å². The highest BCUT2D eigenvalue weighted by atomic mass is 16.5. The zero-order valence-corrected chi connectivity index (χ0v) is 5.83. The third kappa shape index (κ3) is 1.68. The van der Waals surface area contributed by atoms with Crippen molar-refractivity contribution in [2.24, 2.45) is 0 Å². The Hall–Kier alpha value is -0.610. The van der Waals surface area contributed by atoms with Gasteiger partial charge in [0.2, 0.25) is 0 Å². The number of hydrogen-bond acceptors (Lipinski definition) is 3. The van der Waals surface area contributed by atoms with E-state index >= 15 is 0 Å². The van der Waals surface area contributed by atoms with Crippen molar-refractivity contribution in [1.82, 2.24) is 5.32 Å². The monoisotopic (exact) mass is 145 g/mol. The summed E-state index contributed by atoms with van der Waals surface area (Å²) in [6.07, 6.45) is -0.654. The molecule has 4 nitrogen and oxygen atoms in total. The molecule has 0 aromatic carbocycles. The van der Waals surface area contributed by atoms with Crippen LogP contribution in [0.4, 0.5) is 0 Å². The number of morpholine rings is 1. The van der Waals surface area contributed by atoms with Gasteiger partial charge in [0.15, 0.2) is 6.10 Å². The highest BCUT2D eigenvalue weighted by Crippen LogP contribution is 2.02. The molecule has 0 spiro atoms. The molecule has 1 saturated heterocycles. The number of ether oxygens (including phenoxy) is 1. The van der Waals surface area contributed by atoms with Crippen molar-refractivity contribution in [3.05, 3.63) is 0 Å². The van der Waals surface area contributed by atoms with E-state index in [9.17, 15) is 4.79 Å². The van der Waals surface area contributed by atoms with E-state index in [0.29, 0.717) is 6.54 Å². The number of aliphatic carboxylic acids is 1. The van der Waals surface area contributed by atoms with Gasteiger partial charge in [0.1, 0.15) is 0 Å². The smallest absolute Gasteiger partial charge is 0.334 e. The van der Waals surface area contributed by atoms with Crippen LogP contribution in [-0.2, 0) is 9.53 Å². The molecule has 1 heterocycles. The summed E-state index contributed by atoms with van der Waals surface area (Å²) in [7, 11) is 0. The number of carboxylic acids is 1.